The molecule has 0 aromatic carbocycles. The van der Waals surface area contributed by atoms with Crippen LogP contribution in [0, 0.1) is 18.3 Å². The largest absolute Gasteiger partial charge is 0.369 e. The average molecular weight is 182 g/mol. The highest BCUT2D eigenvalue weighted by atomic mass is 16.1. The van der Waals surface area contributed by atoms with Crippen LogP contribution in [0.3, 0.4) is 0 Å². The average Bonchev–Trinajstić information content (AvgIpc) is 2.15. The topological polar surface area (TPSA) is 43.1 Å². The molecule has 1 aliphatic carbocycles. The molecule has 2 N–H and O–H groups in total. The number of amides is 1. The second-order valence-electron chi connectivity index (χ2n) is 3.98. The molecule has 0 aromatic rings. The van der Waals surface area contributed by atoms with Crippen LogP contribution in [-0.2, 0) is 4.79 Å². The van der Waals surface area contributed by atoms with Crippen LogP contribution in [0.15, 0.2) is 0 Å². The minimum absolute atomic E-state index is 0.102. The highest BCUT2D eigenvalue weighted by Gasteiger charge is 2.26. The van der Waals surface area contributed by atoms with E-state index in [0.717, 1.165) is 25.7 Å². The zero-order valence-electron chi connectivity index (χ0n) is 8.46. The smallest absolute Gasteiger partial charge is 0.220 e. The molecular weight excluding hydrogens is 162 g/mol. The number of carbonyl (C=O) groups excluding carboxylic acids is 1. The van der Waals surface area contributed by atoms with Crippen molar-refractivity contribution in [1.29, 1.82) is 0 Å². The maximum Gasteiger partial charge on any atom is 0.220 e. The van der Waals surface area contributed by atoms with Gasteiger partial charge in [0.1, 0.15) is 0 Å². The van der Waals surface area contributed by atoms with Crippen molar-refractivity contribution in [2.24, 2.45) is 17.6 Å². The molecule has 1 saturated carbocycles. The molecule has 0 spiro atoms. The SMILES string of the molecule is CCCC(C(N)=O)C1[CH]CCCC1. The van der Waals surface area contributed by atoms with Gasteiger partial charge in [0.15, 0.2) is 0 Å². The Bertz CT molecular complexity index is 161. The molecule has 13 heavy (non-hydrogen) atoms. The van der Waals surface area contributed by atoms with Gasteiger partial charge in [0.05, 0.1) is 0 Å². The van der Waals surface area contributed by atoms with Gasteiger partial charge >= 0.3 is 0 Å². The summed E-state index contributed by atoms with van der Waals surface area (Å²) in [7, 11) is 0. The van der Waals surface area contributed by atoms with Gasteiger partial charge in [0.2, 0.25) is 5.91 Å². The Labute approximate surface area is 80.9 Å². The van der Waals surface area contributed by atoms with Gasteiger partial charge in [0, 0.05) is 5.92 Å². The van der Waals surface area contributed by atoms with Gasteiger partial charge in [-0.2, -0.15) is 0 Å². The van der Waals surface area contributed by atoms with Crippen molar-refractivity contribution in [3.63, 3.8) is 0 Å². The van der Waals surface area contributed by atoms with E-state index in [1.807, 2.05) is 0 Å². The van der Waals surface area contributed by atoms with Gasteiger partial charge in [-0.15, -0.1) is 0 Å². The van der Waals surface area contributed by atoms with Crippen LogP contribution >= 0.6 is 0 Å². The standard InChI is InChI=1S/C11H20NO/c1-2-6-10(11(12)13)9-7-4-3-5-8-9/h7,9-10H,2-6,8H2,1H3,(H2,12,13). The molecule has 75 valence electrons. The number of hydrogen-bond donors (Lipinski definition) is 1. The molecule has 0 heterocycles. The minimum Gasteiger partial charge on any atom is -0.369 e. The van der Waals surface area contributed by atoms with Crippen LogP contribution in [0.25, 0.3) is 0 Å². The van der Waals surface area contributed by atoms with Crippen LogP contribution in [0.2, 0.25) is 0 Å². The van der Waals surface area contributed by atoms with Crippen molar-refractivity contribution in [2.75, 3.05) is 0 Å². The molecule has 0 aliphatic heterocycles. The normalized spacial score (nSPS) is 21.3. The number of carbonyl (C=O) groups is 1. The molecule has 2 nitrogen and oxygen atoms in total. The van der Waals surface area contributed by atoms with Gasteiger partial charge in [-0.3, -0.25) is 4.79 Å². The van der Waals surface area contributed by atoms with Gasteiger partial charge in [0.25, 0.3) is 0 Å². The number of primary amides is 1. The van der Waals surface area contributed by atoms with Crippen molar-refractivity contribution in [3.8, 4) is 0 Å². The predicted molar refractivity (Wildman–Crippen MR) is 53.9 cm³/mol. The first kappa shape index (κ1) is 10.6. The molecule has 1 radical (unpaired) electrons. The Morgan fingerprint density at radius 2 is 2.38 bits per heavy atom. The summed E-state index contributed by atoms with van der Waals surface area (Å²) in [5.41, 5.74) is 5.39. The predicted octanol–water partition coefficient (Wildman–Crippen LogP) is 2.28. The first-order chi connectivity index (χ1) is 6.25. The number of hydrogen-bond acceptors (Lipinski definition) is 1. The number of nitrogens with two attached hydrogens (primary N) is 1. The maximum atomic E-state index is 11.2. The molecule has 0 bridgehead atoms. The third-order valence-electron chi connectivity index (χ3n) is 2.94. The lowest BCUT2D eigenvalue weighted by Gasteiger charge is -2.27. The monoisotopic (exact) mass is 182 g/mol. The Hall–Kier alpha value is -0.530. The van der Waals surface area contributed by atoms with Gasteiger partial charge < -0.3 is 5.73 Å². The van der Waals surface area contributed by atoms with E-state index in [9.17, 15) is 4.79 Å². The first-order valence-corrected chi connectivity index (χ1v) is 5.38. The van der Waals surface area contributed by atoms with Crippen molar-refractivity contribution in [2.45, 2.75) is 45.4 Å². The summed E-state index contributed by atoms with van der Waals surface area (Å²) in [5.74, 6) is 0.460. The Morgan fingerprint density at radius 1 is 1.62 bits per heavy atom. The third-order valence-corrected chi connectivity index (χ3v) is 2.94. The zero-order chi connectivity index (χ0) is 9.68. The lowest BCUT2D eigenvalue weighted by molar-refractivity contribution is -0.123. The van der Waals surface area contributed by atoms with Crippen molar-refractivity contribution in [1.82, 2.24) is 0 Å². The minimum atomic E-state index is -0.106. The summed E-state index contributed by atoms with van der Waals surface area (Å²) in [6, 6.07) is 0. The molecule has 2 unspecified atom stereocenters. The lowest BCUT2D eigenvalue weighted by Crippen LogP contribution is -2.31. The van der Waals surface area contributed by atoms with Crippen molar-refractivity contribution in [3.05, 3.63) is 6.42 Å². The summed E-state index contributed by atoms with van der Waals surface area (Å²) in [4.78, 5) is 11.2. The molecule has 1 aliphatic rings. The maximum absolute atomic E-state index is 11.2. The second-order valence-corrected chi connectivity index (χ2v) is 3.98. The lowest BCUT2D eigenvalue weighted by atomic mass is 9.78. The molecule has 1 amide bonds. The van der Waals surface area contributed by atoms with Crippen LogP contribution in [-0.4, -0.2) is 5.91 Å². The van der Waals surface area contributed by atoms with E-state index < -0.39 is 0 Å². The van der Waals surface area contributed by atoms with E-state index in [4.69, 9.17) is 5.73 Å². The highest BCUT2D eigenvalue weighted by molar-refractivity contribution is 5.77. The summed E-state index contributed by atoms with van der Waals surface area (Å²) >= 11 is 0. The summed E-state index contributed by atoms with van der Waals surface area (Å²) in [6.45, 7) is 2.11. The Kier molecular flexibility index (Phi) is 4.26. The zero-order valence-corrected chi connectivity index (χ0v) is 8.46. The van der Waals surface area contributed by atoms with Crippen LogP contribution in [0.5, 0.6) is 0 Å². The molecule has 1 fully saturated rings. The van der Waals surface area contributed by atoms with Crippen LogP contribution in [0.1, 0.15) is 45.4 Å². The van der Waals surface area contributed by atoms with Crippen LogP contribution < -0.4 is 5.73 Å². The molecule has 2 heteroatoms. The highest BCUT2D eigenvalue weighted by Crippen LogP contribution is 2.31. The van der Waals surface area contributed by atoms with E-state index in [0.29, 0.717) is 5.92 Å². The van der Waals surface area contributed by atoms with Crippen LogP contribution in [0.4, 0.5) is 0 Å². The third kappa shape index (κ3) is 3.02. The van der Waals surface area contributed by atoms with Crippen molar-refractivity contribution < 1.29 is 4.79 Å². The molecule has 0 saturated heterocycles. The Morgan fingerprint density at radius 3 is 2.85 bits per heavy atom. The summed E-state index contributed by atoms with van der Waals surface area (Å²) < 4.78 is 0. The van der Waals surface area contributed by atoms with E-state index >= 15 is 0 Å². The summed E-state index contributed by atoms with van der Waals surface area (Å²) in [6.07, 6.45) is 9.18. The van der Waals surface area contributed by atoms with Gasteiger partial charge in [-0.25, -0.2) is 0 Å². The van der Waals surface area contributed by atoms with Gasteiger partial charge in [-0.1, -0.05) is 26.2 Å². The van der Waals surface area contributed by atoms with E-state index in [1.165, 1.54) is 12.8 Å². The molecule has 0 aromatic heterocycles. The Balaban J connectivity index is 2.46. The van der Waals surface area contributed by atoms with E-state index in [2.05, 4.69) is 13.3 Å². The summed E-state index contributed by atoms with van der Waals surface area (Å²) in [5, 5.41) is 0. The fraction of sp³-hybridized carbons (Fsp3) is 0.818. The molecule has 1 rings (SSSR count). The molecular formula is C11H20NO. The fourth-order valence-corrected chi connectivity index (χ4v) is 2.22. The first-order valence-electron chi connectivity index (χ1n) is 5.38. The second kappa shape index (κ2) is 5.25. The van der Waals surface area contributed by atoms with Gasteiger partial charge in [-0.05, 0) is 31.6 Å². The quantitative estimate of drug-likeness (QED) is 0.712. The van der Waals surface area contributed by atoms with E-state index in [-0.39, 0.29) is 11.8 Å². The van der Waals surface area contributed by atoms with Crippen molar-refractivity contribution >= 4 is 5.91 Å². The molecule has 2 atom stereocenters. The fourth-order valence-electron chi connectivity index (χ4n) is 2.22. The number of rotatable bonds is 4. The van der Waals surface area contributed by atoms with E-state index in [1.54, 1.807) is 0 Å².